The van der Waals surface area contributed by atoms with Gasteiger partial charge in [-0.1, -0.05) is 0 Å². The quantitative estimate of drug-likeness (QED) is 0.356. The molecule has 0 saturated carbocycles. The molecule has 0 aromatic heterocycles. The second-order valence-electron chi connectivity index (χ2n) is 0.449. The molecule has 0 aromatic rings. The van der Waals surface area contributed by atoms with Crippen molar-refractivity contribution in [2.75, 3.05) is 0 Å². The van der Waals surface area contributed by atoms with Gasteiger partial charge in [0, 0.05) is 0 Å². The third-order valence-electron chi connectivity index (χ3n) is 0. The predicted molar refractivity (Wildman–Crippen MR) is 11.2 cm³/mol. The molecule has 0 amide bonds. The van der Waals surface area contributed by atoms with E-state index in [1.807, 2.05) is 0 Å². The normalized spacial score (nSPS) is 9.25. The summed E-state index contributed by atoms with van der Waals surface area (Å²) in [6.07, 6.45) is 0. The Morgan fingerprint density at radius 2 is 1.50 bits per heavy atom. The first kappa shape index (κ1) is 4.46. The first-order valence-corrected chi connectivity index (χ1v) is 0.878. The summed E-state index contributed by atoms with van der Waals surface area (Å²) in [6.45, 7) is 0. The number of hydrogen-bond acceptors (Lipinski definition) is 0. The van der Waals surface area contributed by atoms with Crippen molar-refractivity contribution in [2.45, 2.75) is 0 Å². The van der Waals surface area contributed by atoms with E-state index < -0.39 is 5.10 Å². The van der Waals surface area contributed by atoms with Gasteiger partial charge in [-0.15, -0.1) is 0 Å². The Balaban J connectivity index is 2.32. The predicted octanol–water partition coefficient (Wildman–Crippen LogP) is 0.541. The molecule has 0 N–H and O–H groups in total. The van der Waals surface area contributed by atoms with Crippen molar-refractivity contribution in [3.63, 3.8) is 0 Å². The summed E-state index contributed by atoms with van der Waals surface area (Å²) in [5.41, 5.74) is 0. The molecular formula is CF2Li. The molecule has 0 atom stereocenters. The van der Waals surface area contributed by atoms with E-state index >= 15 is 0 Å². The molecule has 19 valence electrons. The zero-order valence-corrected chi connectivity index (χ0v) is 2.26. The molecule has 4 heavy (non-hydrogen) atoms. The van der Waals surface area contributed by atoms with Crippen LogP contribution >= 0.6 is 0 Å². The average molecular weight is 56.9 g/mol. The average Bonchev–Trinajstić information content (AvgIpc) is 0.811. The molecule has 0 spiro atoms. The molecule has 0 aliphatic rings. The van der Waals surface area contributed by atoms with Gasteiger partial charge >= 0.3 is 31.6 Å². The minimum atomic E-state index is -1.58. The molecule has 0 aromatic carbocycles. The van der Waals surface area contributed by atoms with Gasteiger partial charge in [0.1, 0.15) is 0 Å². The Labute approximate surface area is 32.4 Å². The van der Waals surface area contributed by atoms with Crippen LogP contribution in [0.5, 0.6) is 0 Å². The minimum absolute atomic E-state index is 0.750. The van der Waals surface area contributed by atoms with Crippen molar-refractivity contribution in [1.82, 2.24) is 0 Å². The van der Waals surface area contributed by atoms with E-state index in [1.54, 1.807) is 0 Å². The second-order valence-corrected chi connectivity index (χ2v) is 0.449. The van der Waals surface area contributed by atoms with Gasteiger partial charge in [-0.3, -0.25) is 0 Å². The molecule has 0 rings (SSSR count). The summed E-state index contributed by atoms with van der Waals surface area (Å²) >= 11 is 0.750. The summed E-state index contributed by atoms with van der Waals surface area (Å²) in [5, 5.41) is -1.58. The van der Waals surface area contributed by atoms with Gasteiger partial charge in [0.25, 0.3) is 0 Å². The van der Waals surface area contributed by atoms with Gasteiger partial charge in [-0.25, -0.2) is 0 Å². The molecule has 0 unspecified atom stereocenters. The first-order valence-electron chi connectivity index (χ1n) is 0.878. The van der Waals surface area contributed by atoms with Crippen molar-refractivity contribution < 1.29 is 8.78 Å². The fourth-order valence-corrected chi connectivity index (χ4v) is 0. The van der Waals surface area contributed by atoms with Gasteiger partial charge in [-0.2, -0.15) is 0 Å². The standard InChI is InChI=1S/CF2.Li/c2-1-3;. The second kappa shape index (κ2) is 1.75. The monoisotopic (exact) mass is 57.0 g/mol. The van der Waals surface area contributed by atoms with E-state index in [0.29, 0.717) is 0 Å². The van der Waals surface area contributed by atoms with Crippen molar-refractivity contribution in [3.8, 4) is 0 Å². The van der Waals surface area contributed by atoms with E-state index in [4.69, 9.17) is 0 Å². The van der Waals surface area contributed by atoms with E-state index in [-0.39, 0.29) is 0 Å². The van der Waals surface area contributed by atoms with Crippen molar-refractivity contribution >= 4 is 17.7 Å². The first-order chi connectivity index (χ1) is 1.73. The van der Waals surface area contributed by atoms with Crippen LogP contribution < -0.4 is 0 Å². The van der Waals surface area contributed by atoms with Gasteiger partial charge in [0.2, 0.25) is 0 Å². The molecule has 0 bridgehead atoms. The molecule has 1 radical (unpaired) electrons. The van der Waals surface area contributed by atoms with Crippen LogP contribution in [-0.4, -0.2) is 17.7 Å². The summed E-state index contributed by atoms with van der Waals surface area (Å²) in [7, 11) is 0. The van der Waals surface area contributed by atoms with Crippen LogP contribution in [0.1, 0.15) is 0 Å². The fourth-order valence-electron chi connectivity index (χ4n) is 0. The summed E-state index contributed by atoms with van der Waals surface area (Å²) in [6, 6.07) is 0. The van der Waals surface area contributed by atoms with Crippen LogP contribution in [0.25, 0.3) is 0 Å². The van der Waals surface area contributed by atoms with Crippen LogP contribution in [0.4, 0.5) is 8.78 Å². The maximum absolute atomic E-state index is 10.2. The maximum atomic E-state index is 10.2. The molecule has 0 fully saturated rings. The van der Waals surface area contributed by atoms with Crippen LogP contribution in [0.15, 0.2) is 0 Å². The van der Waals surface area contributed by atoms with Crippen LogP contribution in [0, 0.1) is 5.10 Å². The number of hydrogen-bond donors (Lipinski definition) is 0. The SMILES string of the molecule is [Li][C](F)F. The van der Waals surface area contributed by atoms with Crippen molar-refractivity contribution in [2.24, 2.45) is 0 Å². The Hall–Kier alpha value is 0.457. The van der Waals surface area contributed by atoms with E-state index in [0.717, 1.165) is 17.7 Å². The van der Waals surface area contributed by atoms with Crippen molar-refractivity contribution in [3.05, 3.63) is 5.10 Å². The summed E-state index contributed by atoms with van der Waals surface area (Å²) in [5.74, 6) is 0. The fraction of sp³-hybridized carbons (Fsp3) is 0. The Kier molecular flexibility index (Phi) is 1.95. The van der Waals surface area contributed by atoms with E-state index in [9.17, 15) is 8.78 Å². The molecular weight excluding hydrogens is 56.9 g/mol. The molecule has 0 aliphatic carbocycles. The molecule has 0 aliphatic heterocycles. The third-order valence-corrected chi connectivity index (χ3v) is 0. The zero-order chi connectivity index (χ0) is 3.58. The summed E-state index contributed by atoms with van der Waals surface area (Å²) < 4.78 is 20.5. The molecule has 3 heteroatoms. The van der Waals surface area contributed by atoms with Gasteiger partial charge in [0.15, 0.2) is 0 Å². The van der Waals surface area contributed by atoms with E-state index in [2.05, 4.69) is 0 Å². The number of halogens is 2. The topological polar surface area (TPSA) is 0 Å². The van der Waals surface area contributed by atoms with E-state index in [1.165, 1.54) is 0 Å². The van der Waals surface area contributed by atoms with Gasteiger partial charge in [0.05, 0.1) is 0 Å². The zero-order valence-electron chi connectivity index (χ0n) is 2.26. The Bertz CT molecular complexity index is 10.8. The Morgan fingerprint density at radius 3 is 1.50 bits per heavy atom. The summed E-state index contributed by atoms with van der Waals surface area (Å²) in [4.78, 5) is 0. The molecule has 0 heterocycles. The number of rotatable bonds is 0. The third kappa shape index (κ3) is 24.9. The van der Waals surface area contributed by atoms with Crippen LogP contribution in [0.2, 0.25) is 0 Å². The van der Waals surface area contributed by atoms with Gasteiger partial charge < -0.3 is 0 Å². The van der Waals surface area contributed by atoms with Crippen LogP contribution in [0.3, 0.4) is 0 Å². The Morgan fingerprint density at radius 1 is 1.50 bits per heavy atom. The van der Waals surface area contributed by atoms with Crippen LogP contribution in [-0.2, 0) is 0 Å². The van der Waals surface area contributed by atoms with Gasteiger partial charge in [-0.05, 0) is 0 Å². The molecule has 0 saturated heterocycles. The molecule has 0 nitrogen and oxygen atoms in total. The van der Waals surface area contributed by atoms with Crippen molar-refractivity contribution in [1.29, 1.82) is 0 Å².